The number of H-pyrrole nitrogens is 1. The van der Waals surface area contributed by atoms with Crippen LogP contribution in [0.2, 0.25) is 0 Å². The Morgan fingerprint density at radius 2 is 1.94 bits per heavy atom. The molecule has 5 aromatic rings. The number of carbonyl (C=O) groups excluding carboxylic acids is 1. The number of thiazole rings is 1. The van der Waals surface area contributed by atoms with Crippen LogP contribution in [0.25, 0.3) is 33.3 Å². The van der Waals surface area contributed by atoms with E-state index in [-0.39, 0.29) is 18.1 Å². The van der Waals surface area contributed by atoms with Gasteiger partial charge in [-0.05, 0) is 30.3 Å². The Morgan fingerprint density at radius 3 is 2.81 bits per heavy atom. The Morgan fingerprint density at radius 1 is 1.10 bits per heavy atom. The first kappa shape index (κ1) is 19.6. The number of benzene rings is 2. The SMILES string of the molecule is O=C(CCSc1nnc2c(n1)[nH]c1ccccc12)Nc1nc(-c2ccc(F)cc2)cs1. The predicted molar refractivity (Wildman–Crippen MR) is 121 cm³/mol. The molecule has 0 aliphatic heterocycles. The van der Waals surface area contributed by atoms with Crippen LogP contribution in [0.3, 0.4) is 0 Å². The molecule has 0 aliphatic carbocycles. The largest absolute Gasteiger partial charge is 0.338 e. The lowest BCUT2D eigenvalue weighted by molar-refractivity contribution is -0.115. The summed E-state index contributed by atoms with van der Waals surface area (Å²) in [5.41, 5.74) is 3.87. The fraction of sp³-hybridized carbons (Fsp3) is 0.0952. The van der Waals surface area contributed by atoms with E-state index in [1.54, 1.807) is 12.1 Å². The third-order valence-electron chi connectivity index (χ3n) is 4.55. The van der Waals surface area contributed by atoms with E-state index in [0.717, 1.165) is 22.0 Å². The number of rotatable bonds is 6. The van der Waals surface area contributed by atoms with Crippen molar-refractivity contribution in [3.8, 4) is 11.3 Å². The molecule has 0 saturated heterocycles. The molecule has 31 heavy (non-hydrogen) atoms. The van der Waals surface area contributed by atoms with Crippen LogP contribution in [0.1, 0.15) is 6.42 Å². The highest BCUT2D eigenvalue weighted by Gasteiger charge is 2.11. The van der Waals surface area contributed by atoms with Crippen LogP contribution in [0.5, 0.6) is 0 Å². The molecule has 10 heteroatoms. The van der Waals surface area contributed by atoms with E-state index in [0.29, 0.717) is 27.4 Å². The topological polar surface area (TPSA) is 96.5 Å². The average Bonchev–Trinajstić information content (AvgIpc) is 3.38. The lowest BCUT2D eigenvalue weighted by atomic mass is 10.2. The number of hydrogen-bond donors (Lipinski definition) is 2. The maximum atomic E-state index is 13.1. The minimum Gasteiger partial charge on any atom is -0.338 e. The molecule has 0 fully saturated rings. The summed E-state index contributed by atoms with van der Waals surface area (Å²) in [6.45, 7) is 0. The van der Waals surface area contributed by atoms with Crippen molar-refractivity contribution >= 4 is 56.2 Å². The molecule has 0 bridgehead atoms. The van der Waals surface area contributed by atoms with E-state index in [4.69, 9.17) is 0 Å². The zero-order valence-corrected chi connectivity index (χ0v) is 17.6. The molecule has 7 nitrogen and oxygen atoms in total. The average molecular weight is 451 g/mol. The van der Waals surface area contributed by atoms with Gasteiger partial charge in [-0.1, -0.05) is 30.0 Å². The molecule has 0 spiro atoms. The lowest BCUT2D eigenvalue weighted by Crippen LogP contribution is -2.12. The van der Waals surface area contributed by atoms with E-state index >= 15 is 0 Å². The van der Waals surface area contributed by atoms with Gasteiger partial charge in [-0.2, -0.15) is 0 Å². The Hall–Kier alpha value is -3.37. The Balaban J connectivity index is 1.17. The number of anilines is 1. The van der Waals surface area contributed by atoms with Gasteiger partial charge in [0.05, 0.1) is 5.69 Å². The summed E-state index contributed by atoms with van der Waals surface area (Å²) in [5.74, 6) is 0.0650. The minimum atomic E-state index is -0.298. The van der Waals surface area contributed by atoms with Crippen LogP contribution in [0.4, 0.5) is 9.52 Å². The number of nitrogens with one attached hydrogen (secondary N) is 2. The summed E-state index contributed by atoms with van der Waals surface area (Å²) in [7, 11) is 0. The Bertz CT molecular complexity index is 1380. The maximum absolute atomic E-state index is 13.1. The van der Waals surface area contributed by atoms with E-state index in [2.05, 4.69) is 30.5 Å². The molecule has 154 valence electrons. The van der Waals surface area contributed by atoms with Gasteiger partial charge in [0.2, 0.25) is 11.1 Å². The number of hydrogen-bond acceptors (Lipinski definition) is 7. The highest BCUT2D eigenvalue weighted by molar-refractivity contribution is 7.99. The van der Waals surface area contributed by atoms with Crippen molar-refractivity contribution in [3.05, 3.63) is 59.7 Å². The first-order valence-corrected chi connectivity index (χ1v) is 11.3. The van der Waals surface area contributed by atoms with Crippen LogP contribution in [-0.4, -0.2) is 36.8 Å². The molecular formula is C21H15FN6OS2. The molecule has 2 N–H and O–H groups in total. The summed E-state index contributed by atoms with van der Waals surface area (Å²) in [6, 6.07) is 13.9. The summed E-state index contributed by atoms with van der Waals surface area (Å²) < 4.78 is 13.1. The van der Waals surface area contributed by atoms with Gasteiger partial charge in [-0.15, -0.1) is 21.5 Å². The van der Waals surface area contributed by atoms with Gasteiger partial charge in [0, 0.05) is 34.0 Å². The van der Waals surface area contributed by atoms with Crippen LogP contribution < -0.4 is 5.32 Å². The van der Waals surface area contributed by atoms with Crippen LogP contribution in [-0.2, 0) is 4.79 Å². The van der Waals surface area contributed by atoms with Crippen molar-refractivity contribution in [1.29, 1.82) is 0 Å². The molecule has 0 unspecified atom stereocenters. The van der Waals surface area contributed by atoms with Gasteiger partial charge in [0.25, 0.3) is 0 Å². The maximum Gasteiger partial charge on any atom is 0.226 e. The predicted octanol–water partition coefficient (Wildman–Crippen LogP) is 4.89. The normalized spacial score (nSPS) is 11.3. The molecule has 3 heterocycles. The summed E-state index contributed by atoms with van der Waals surface area (Å²) in [4.78, 5) is 24.4. The zero-order valence-electron chi connectivity index (χ0n) is 16.0. The van der Waals surface area contributed by atoms with Gasteiger partial charge in [-0.3, -0.25) is 4.79 Å². The van der Waals surface area contributed by atoms with E-state index < -0.39 is 0 Å². The number of fused-ring (bicyclic) bond motifs is 3. The highest BCUT2D eigenvalue weighted by Crippen LogP contribution is 2.26. The quantitative estimate of drug-likeness (QED) is 0.358. The molecular weight excluding hydrogens is 435 g/mol. The number of aromatic nitrogens is 5. The summed E-state index contributed by atoms with van der Waals surface area (Å²) in [6.07, 6.45) is 0.282. The monoisotopic (exact) mass is 450 g/mol. The number of carbonyl (C=O) groups is 1. The second-order valence-electron chi connectivity index (χ2n) is 6.65. The van der Waals surface area contributed by atoms with Crippen molar-refractivity contribution in [2.45, 2.75) is 11.6 Å². The third-order valence-corrected chi connectivity index (χ3v) is 6.15. The molecule has 0 aliphatic rings. The van der Waals surface area contributed by atoms with Crippen molar-refractivity contribution in [1.82, 2.24) is 25.1 Å². The number of amides is 1. The van der Waals surface area contributed by atoms with Crippen molar-refractivity contribution in [2.24, 2.45) is 0 Å². The fourth-order valence-corrected chi connectivity index (χ4v) is 4.53. The van der Waals surface area contributed by atoms with E-state index in [9.17, 15) is 9.18 Å². The highest BCUT2D eigenvalue weighted by atomic mass is 32.2. The number of para-hydroxylation sites is 1. The van der Waals surface area contributed by atoms with Gasteiger partial charge in [0.1, 0.15) is 11.3 Å². The minimum absolute atomic E-state index is 0.146. The van der Waals surface area contributed by atoms with Crippen LogP contribution >= 0.6 is 23.1 Å². The smallest absolute Gasteiger partial charge is 0.226 e. The third kappa shape index (κ3) is 4.25. The standard InChI is InChI=1S/C21H15FN6OS2/c22-13-7-5-12(6-8-13)16-11-31-20(24-16)25-17(29)9-10-30-21-26-19-18(27-28-21)14-3-1-2-4-15(14)23-19/h1-8,11H,9-10H2,(H,23,26,28)(H,24,25,29). The number of halogens is 1. The zero-order chi connectivity index (χ0) is 21.2. The van der Waals surface area contributed by atoms with Gasteiger partial charge >= 0.3 is 0 Å². The van der Waals surface area contributed by atoms with Crippen LogP contribution in [0.15, 0.2) is 59.1 Å². The fourth-order valence-electron chi connectivity index (χ4n) is 3.07. The van der Waals surface area contributed by atoms with Crippen molar-refractivity contribution < 1.29 is 9.18 Å². The number of aromatic amines is 1. The number of nitrogens with zero attached hydrogens (tertiary/aromatic N) is 4. The summed E-state index contributed by atoms with van der Waals surface area (Å²) >= 11 is 2.70. The van der Waals surface area contributed by atoms with Crippen LogP contribution in [0, 0.1) is 5.82 Å². The first-order valence-electron chi connectivity index (χ1n) is 9.41. The van der Waals surface area contributed by atoms with Crippen molar-refractivity contribution in [2.75, 3.05) is 11.1 Å². The molecule has 0 radical (unpaired) electrons. The molecule has 0 saturated carbocycles. The molecule has 3 aromatic heterocycles. The second-order valence-corrected chi connectivity index (χ2v) is 8.57. The molecule has 5 rings (SSSR count). The molecule has 1 amide bonds. The molecule has 2 aromatic carbocycles. The van der Waals surface area contributed by atoms with Crippen molar-refractivity contribution in [3.63, 3.8) is 0 Å². The van der Waals surface area contributed by atoms with Gasteiger partial charge < -0.3 is 10.3 Å². The van der Waals surface area contributed by atoms with E-state index in [1.165, 1.54) is 35.2 Å². The summed E-state index contributed by atoms with van der Waals surface area (Å²) in [5, 5.41) is 15.1. The number of thioether (sulfide) groups is 1. The Labute approximate surface area is 184 Å². The van der Waals surface area contributed by atoms with Gasteiger partial charge in [-0.25, -0.2) is 14.4 Å². The van der Waals surface area contributed by atoms with E-state index in [1.807, 2.05) is 29.6 Å². The van der Waals surface area contributed by atoms with Gasteiger partial charge in [0.15, 0.2) is 10.8 Å². The molecule has 0 atom stereocenters. The Kier molecular flexibility index (Phi) is 5.31. The lowest BCUT2D eigenvalue weighted by Gasteiger charge is -2.01. The second kappa shape index (κ2) is 8.40. The first-order chi connectivity index (χ1) is 15.2.